The van der Waals surface area contributed by atoms with Crippen LogP contribution in [0.25, 0.3) is 0 Å². The molecule has 0 saturated carbocycles. The lowest BCUT2D eigenvalue weighted by Gasteiger charge is -2.29. The first-order valence-corrected chi connectivity index (χ1v) is 12.9. The second kappa shape index (κ2) is 13.8. The van der Waals surface area contributed by atoms with Gasteiger partial charge in [-0.3, -0.25) is 14.4 Å². The number of nitrogens with one attached hydrogen (secondary N) is 3. The maximum atomic E-state index is 12.9. The minimum Gasteiger partial charge on any atom is -0.458 e. The van der Waals surface area contributed by atoms with Crippen molar-refractivity contribution in [2.75, 3.05) is 13.1 Å². The van der Waals surface area contributed by atoms with Gasteiger partial charge in [-0.15, -0.1) is 0 Å². The fourth-order valence-corrected chi connectivity index (χ4v) is 3.95. The van der Waals surface area contributed by atoms with Gasteiger partial charge in [0.1, 0.15) is 30.3 Å². The maximum absolute atomic E-state index is 12.9. The number of rotatable bonds is 10. The van der Waals surface area contributed by atoms with Crippen molar-refractivity contribution in [2.45, 2.75) is 84.7 Å². The zero-order valence-corrected chi connectivity index (χ0v) is 23.0. The zero-order valence-electron chi connectivity index (χ0n) is 23.0. The zero-order chi connectivity index (χ0) is 28.5. The third-order valence-corrected chi connectivity index (χ3v) is 5.82. The molecule has 11 nitrogen and oxygen atoms in total. The molecule has 3 N–H and O–H groups in total. The van der Waals surface area contributed by atoms with E-state index in [0.717, 1.165) is 5.56 Å². The Morgan fingerprint density at radius 3 is 2.29 bits per heavy atom. The predicted molar refractivity (Wildman–Crippen MR) is 140 cm³/mol. The normalized spacial score (nSPS) is 16.8. The number of hydrogen-bond donors (Lipinski definition) is 3. The lowest BCUT2D eigenvalue weighted by atomic mass is 10.0. The fraction of sp³-hybridized carbons (Fsp3) is 0.593. The van der Waals surface area contributed by atoms with Crippen molar-refractivity contribution in [1.82, 2.24) is 20.9 Å². The van der Waals surface area contributed by atoms with E-state index in [9.17, 15) is 24.0 Å². The first-order chi connectivity index (χ1) is 17.8. The molecule has 1 fully saturated rings. The van der Waals surface area contributed by atoms with Gasteiger partial charge >= 0.3 is 12.1 Å². The molecule has 1 heterocycles. The van der Waals surface area contributed by atoms with E-state index in [1.165, 1.54) is 11.8 Å². The van der Waals surface area contributed by atoms with E-state index in [1.807, 2.05) is 30.3 Å². The Labute approximate surface area is 224 Å². The number of amides is 4. The largest absolute Gasteiger partial charge is 0.458 e. The highest BCUT2D eigenvalue weighted by Gasteiger charge is 2.38. The lowest BCUT2D eigenvalue weighted by Crippen LogP contribution is -2.54. The Morgan fingerprint density at radius 1 is 1.03 bits per heavy atom. The molecule has 11 heteroatoms. The summed E-state index contributed by atoms with van der Waals surface area (Å²) in [6.07, 6.45) is 0.398. The van der Waals surface area contributed by atoms with Gasteiger partial charge in [0.05, 0.1) is 6.54 Å². The monoisotopic (exact) mass is 532 g/mol. The van der Waals surface area contributed by atoms with Crippen LogP contribution in [0.2, 0.25) is 0 Å². The van der Waals surface area contributed by atoms with Crippen molar-refractivity contribution < 1.29 is 33.4 Å². The maximum Gasteiger partial charge on any atom is 0.408 e. The minimum atomic E-state index is -0.927. The molecule has 0 aromatic heterocycles. The summed E-state index contributed by atoms with van der Waals surface area (Å²) < 4.78 is 10.6. The highest BCUT2D eigenvalue weighted by Crippen LogP contribution is 2.22. The Balaban J connectivity index is 1.83. The summed E-state index contributed by atoms with van der Waals surface area (Å²) >= 11 is 0. The van der Waals surface area contributed by atoms with Gasteiger partial charge in [0.15, 0.2) is 0 Å². The van der Waals surface area contributed by atoms with Crippen LogP contribution in [0.15, 0.2) is 30.3 Å². The van der Waals surface area contributed by atoms with Gasteiger partial charge < -0.3 is 30.3 Å². The van der Waals surface area contributed by atoms with Crippen molar-refractivity contribution in [1.29, 1.82) is 0 Å². The Morgan fingerprint density at radius 2 is 1.68 bits per heavy atom. The van der Waals surface area contributed by atoms with Gasteiger partial charge in [0, 0.05) is 6.54 Å². The summed E-state index contributed by atoms with van der Waals surface area (Å²) in [6, 6.07) is 6.59. The van der Waals surface area contributed by atoms with E-state index in [4.69, 9.17) is 9.47 Å². The molecule has 1 saturated heterocycles. The number of carbonyl (C=O) groups is 5. The second-order valence-electron chi connectivity index (χ2n) is 10.7. The van der Waals surface area contributed by atoms with Crippen molar-refractivity contribution in [3.8, 4) is 0 Å². The van der Waals surface area contributed by atoms with Crippen LogP contribution < -0.4 is 16.0 Å². The average Bonchev–Trinajstić information content (AvgIpc) is 3.33. The molecule has 0 unspecified atom stereocenters. The standard InChI is InChI=1S/C27H40N4O7/c1-17(2)22(30-26(36)37-16-19-11-8-7-9-12-19)23(33)28-15-21(32)29-18(3)24(34)31-14-10-13-20(31)25(35)38-27(4,5)6/h7-9,11-12,17-18,20,22H,10,13-16H2,1-6H3,(H,28,33)(H,29,32)(H,30,36)/t18-,20-,22-/m0/s1. The van der Waals surface area contributed by atoms with Crippen molar-refractivity contribution in [3.05, 3.63) is 35.9 Å². The van der Waals surface area contributed by atoms with Crippen LogP contribution in [0.5, 0.6) is 0 Å². The number of esters is 1. The third-order valence-electron chi connectivity index (χ3n) is 5.82. The number of carbonyl (C=O) groups excluding carboxylic acids is 5. The first kappa shape index (κ1) is 30.6. The molecule has 0 radical (unpaired) electrons. The van der Waals surface area contributed by atoms with Crippen molar-refractivity contribution in [2.24, 2.45) is 5.92 Å². The molecule has 1 aromatic carbocycles. The van der Waals surface area contributed by atoms with Gasteiger partial charge in [-0.2, -0.15) is 0 Å². The first-order valence-electron chi connectivity index (χ1n) is 12.9. The molecule has 0 spiro atoms. The minimum absolute atomic E-state index is 0.0548. The van der Waals surface area contributed by atoms with Gasteiger partial charge in [0.25, 0.3) is 0 Å². The highest BCUT2D eigenvalue weighted by molar-refractivity contribution is 5.93. The average molecular weight is 533 g/mol. The SMILES string of the molecule is CC(C)[C@H](NC(=O)OCc1ccccc1)C(=O)NCC(=O)N[C@@H](C)C(=O)N1CCC[C@H]1C(=O)OC(C)(C)C. The molecular weight excluding hydrogens is 492 g/mol. The molecule has 38 heavy (non-hydrogen) atoms. The summed E-state index contributed by atoms with van der Waals surface area (Å²) in [5.41, 5.74) is 0.133. The van der Waals surface area contributed by atoms with E-state index in [2.05, 4.69) is 16.0 Å². The Kier molecular flexibility index (Phi) is 11.1. The molecule has 3 atom stereocenters. The number of hydrogen-bond acceptors (Lipinski definition) is 7. The van der Waals surface area contributed by atoms with Gasteiger partial charge in [-0.25, -0.2) is 9.59 Å². The molecule has 1 aromatic rings. The fourth-order valence-electron chi connectivity index (χ4n) is 3.95. The topological polar surface area (TPSA) is 143 Å². The Hall–Kier alpha value is -3.63. The van der Waals surface area contributed by atoms with E-state index in [0.29, 0.717) is 19.4 Å². The second-order valence-corrected chi connectivity index (χ2v) is 10.7. The number of ether oxygens (including phenoxy) is 2. The molecule has 1 aliphatic heterocycles. The van der Waals surface area contributed by atoms with E-state index >= 15 is 0 Å². The van der Waals surface area contributed by atoms with E-state index in [1.54, 1.807) is 34.6 Å². The number of benzene rings is 1. The van der Waals surface area contributed by atoms with Crippen LogP contribution in [-0.4, -0.2) is 71.5 Å². The van der Waals surface area contributed by atoms with Crippen LogP contribution in [0.3, 0.4) is 0 Å². The van der Waals surface area contributed by atoms with Crippen LogP contribution in [-0.2, 0) is 35.3 Å². The molecule has 4 amide bonds. The highest BCUT2D eigenvalue weighted by atomic mass is 16.6. The predicted octanol–water partition coefficient (Wildman–Crippen LogP) is 1.89. The van der Waals surface area contributed by atoms with E-state index < -0.39 is 60.1 Å². The van der Waals surface area contributed by atoms with Gasteiger partial charge in [-0.1, -0.05) is 44.2 Å². The molecule has 0 aliphatic carbocycles. The summed E-state index contributed by atoms with van der Waals surface area (Å²) in [7, 11) is 0. The van der Waals surface area contributed by atoms with Crippen LogP contribution in [0, 0.1) is 5.92 Å². The van der Waals surface area contributed by atoms with Crippen molar-refractivity contribution in [3.63, 3.8) is 0 Å². The summed E-state index contributed by atoms with van der Waals surface area (Å²) in [6.45, 7) is 10.4. The summed E-state index contributed by atoms with van der Waals surface area (Å²) in [5, 5.41) is 7.58. The van der Waals surface area contributed by atoms with Crippen LogP contribution >= 0.6 is 0 Å². The van der Waals surface area contributed by atoms with Gasteiger partial charge in [-0.05, 0) is 52.0 Å². The quantitative estimate of drug-likeness (QED) is 0.391. The summed E-state index contributed by atoms with van der Waals surface area (Å²) in [5.74, 6) is -2.29. The van der Waals surface area contributed by atoms with Crippen molar-refractivity contribution >= 4 is 29.8 Å². The smallest absolute Gasteiger partial charge is 0.408 e. The van der Waals surface area contributed by atoms with E-state index in [-0.39, 0.29) is 12.5 Å². The molecule has 1 aliphatic rings. The van der Waals surface area contributed by atoms with Gasteiger partial charge in [0.2, 0.25) is 17.7 Å². The molecular formula is C27H40N4O7. The number of nitrogens with zero attached hydrogens (tertiary/aromatic N) is 1. The number of likely N-dealkylation sites (tertiary alicyclic amines) is 1. The molecule has 0 bridgehead atoms. The third kappa shape index (κ3) is 9.68. The molecule has 2 rings (SSSR count). The summed E-state index contributed by atoms with van der Waals surface area (Å²) in [4.78, 5) is 64.2. The van der Waals surface area contributed by atoms with Crippen LogP contribution in [0.1, 0.15) is 59.9 Å². The Bertz CT molecular complexity index is 991. The lowest BCUT2D eigenvalue weighted by molar-refractivity contribution is -0.163. The molecule has 210 valence electrons. The number of alkyl carbamates (subject to hydrolysis) is 1. The van der Waals surface area contributed by atoms with Crippen LogP contribution in [0.4, 0.5) is 4.79 Å².